The summed E-state index contributed by atoms with van der Waals surface area (Å²) in [7, 11) is -7.25. The second-order valence-electron chi connectivity index (χ2n) is 6.75. The Hall–Kier alpha value is -2.41. The molecule has 0 spiro atoms. The van der Waals surface area contributed by atoms with Crippen LogP contribution in [0.2, 0.25) is 0 Å². The maximum Gasteiger partial charge on any atom is 0.246 e. The van der Waals surface area contributed by atoms with Crippen molar-refractivity contribution >= 4 is 19.9 Å². The van der Waals surface area contributed by atoms with Crippen molar-refractivity contribution in [3.63, 3.8) is 0 Å². The van der Waals surface area contributed by atoms with E-state index in [9.17, 15) is 22.1 Å². The number of ether oxygens (including phenoxy) is 1. The van der Waals surface area contributed by atoms with Crippen molar-refractivity contribution in [3.8, 4) is 17.6 Å². The Kier molecular flexibility index (Phi) is 5.48. The van der Waals surface area contributed by atoms with Gasteiger partial charge in [0, 0.05) is 13.1 Å². The first-order valence-electron chi connectivity index (χ1n) is 8.62. The second-order valence-corrected chi connectivity index (χ2v) is 11.0. The number of nitriles is 1. The minimum atomic E-state index is -4.02. The van der Waals surface area contributed by atoms with Crippen LogP contribution in [0.4, 0.5) is 0 Å². The van der Waals surface area contributed by atoms with Crippen molar-refractivity contribution in [2.24, 2.45) is 0 Å². The van der Waals surface area contributed by atoms with E-state index < -0.39 is 19.9 Å². The highest BCUT2D eigenvalue weighted by Gasteiger charge is 2.33. The van der Waals surface area contributed by atoms with Crippen LogP contribution in [0.5, 0.6) is 11.5 Å². The molecule has 2 aromatic rings. The second kappa shape index (κ2) is 7.54. The summed E-state index contributed by atoms with van der Waals surface area (Å²) in [5.41, 5.74) is 2.11. The molecule has 0 aliphatic carbocycles. The number of nitrogens with zero attached hydrogens (tertiary/aromatic N) is 2. The third-order valence-electron chi connectivity index (χ3n) is 4.42. The number of rotatable bonds is 4. The Labute approximate surface area is 165 Å². The Morgan fingerprint density at radius 1 is 1.04 bits per heavy atom. The van der Waals surface area contributed by atoms with E-state index in [0.717, 1.165) is 15.4 Å². The third-order valence-corrected chi connectivity index (χ3v) is 7.95. The first kappa shape index (κ1) is 20.3. The highest BCUT2D eigenvalue weighted by molar-refractivity contribution is 7.92. The molecule has 9 heteroatoms. The molecule has 0 atom stereocenters. The molecule has 1 aliphatic heterocycles. The van der Waals surface area contributed by atoms with Crippen molar-refractivity contribution in [2.75, 3.05) is 24.6 Å². The Morgan fingerprint density at radius 3 is 2.21 bits per heavy atom. The van der Waals surface area contributed by atoms with Gasteiger partial charge in [0.2, 0.25) is 10.0 Å². The average molecular weight is 421 g/mol. The molecule has 28 heavy (non-hydrogen) atoms. The number of hydrogen-bond acceptors (Lipinski definition) is 6. The van der Waals surface area contributed by atoms with Crippen LogP contribution in [0.25, 0.3) is 0 Å². The molecule has 1 heterocycles. The highest BCUT2D eigenvalue weighted by Crippen LogP contribution is 2.33. The van der Waals surface area contributed by atoms with Gasteiger partial charge in [-0.25, -0.2) is 16.8 Å². The van der Waals surface area contributed by atoms with Gasteiger partial charge in [-0.05, 0) is 55.3 Å². The van der Waals surface area contributed by atoms with E-state index >= 15 is 0 Å². The normalized spacial score (nSPS) is 17.0. The number of hydrogen-bond donors (Lipinski definition) is 0. The molecule has 0 saturated carbocycles. The molecule has 0 aromatic heterocycles. The largest absolute Gasteiger partial charge is 0.456 e. The van der Waals surface area contributed by atoms with E-state index in [4.69, 9.17) is 4.74 Å². The minimum absolute atomic E-state index is 0.0948. The van der Waals surface area contributed by atoms with Gasteiger partial charge in [-0.1, -0.05) is 6.07 Å². The zero-order valence-electron chi connectivity index (χ0n) is 15.5. The van der Waals surface area contributed by atoms with E-state index in [2.05, 4.69) is 0 Å². The summed E-state index contributed by atoms with van der Waals surface area (Å²) in [5, 5.41) is 9.18. The molecule has 7 nitrogen and oxygen atoms in total. The highest BCUT2D eigenvalue weighted by atomic mass is 32.2. The molecular weight excluding hydrogens is 400 g/mol. The van der Waals surface area contributed by atoms with Crippen LogP contribution in [-0.4, -0.2) is 45.7 Å². The molecule has 0 radical (unpaired) electrons. The Balaban J connectivity index is 2.02. The summed E-state index contributed by atoms with van der Waals surface area (Å²) >= 11 is 0. The zero-order chi connectivity index (χ0) is 20.5. The third kappa shape index (κ3) is 4.35. The van der Waals surface area contributed by atoms with Gasteiger partial charge in [-0.3, -0.25) is 0 Å². The standard InChI is InChI=1S/C19H20N2O5S2/c1-14-9-15(2)11-17(10-14)26-18-4-3-16(13-20)12-19(18)28(24,25)21-5-7-27(22,23)8-6-21/h3-4,9-12H,5-8H2,1-2H3. The Bertz CT molecular complexity index is 1130. The van der Waals surface area contributed by atoms with Gasteiger partial charge in [0.05, 0.1) is 23.1 Å². The molecule has 0 unspecified atom stereocenters. The maximum atomic E-state index is 13.2. The molecule has 148 valence electrons. The summed E-state index contributed by atoms with van der Waals surface area (Å²) in [6.07, 6.45) is 0. The fourth-order valence-electron chi connectivity index (χ4n) is 3.06. The van der Waals surface area contributed by atoms with Crippen molar-refractivity contribution in [1.82, 2.24) is 4.31 Å². The van der Waals surface area contributed by atoms with E-state index in [-0.39, 0.29) is 40.8 Å². The summed E-state index contributed by atoms with van der Waals surface area (Å²) in [6, 6.07) is 11.7. The topological polar surface area (TPSA) is 105 Å². The van der Waals surface area contributed by atoms with Crippen LogP contribution in [-0.2, 0) is 19.9 Å². The lowest BCUT2D eigenvalue weighted by Crippen LogP contribution is -2.43. The van der Waals surface area contributed by atoms with Gasteiger partial charge in [0.15, 0.2) is 9.84 Å². The van der Waals surface area contributed by atoms with Crippen LogP contribution < -0.4 is 4.74 Å². The Morgan fingerprint density at radius 2 is 1.64 bits per heavy atom. The summed E-state index contributed by atoms with van der Waals surface area (Å²) in [5.74, 6) is 0.131. The fourth-order valence-corrected chi connectivity index (χ4v) is 6.07. The quantitative estimate of drug-likeness (QED) is 0.752. The van der Waals surface area contributed by atoms with E-state index in [1.165, 1.54) is 18.2 Å². The molecular formula is C19H20N2O5S2. The summed E-state index contributed by atoms with van der Waals surface area (Å²) < 4.78 is 56.6. The summed E-state index contributed by atoms with van der Waals surface area (Å²) in [6.45, 7) is 3.57. The van der Waals surface area contributed by atoms with Gasteiger partial charge in [0.25, 0.3) is 0 Å². The molecule has 1 aliphatic rings. The van der Waals surface area contributed by atoms with Crippen LogP contribution in [0.15, 0.2) is 41.3 Å². The molecule has 3 rings (SSSR count). The van der Waals surface area contributed by atoms with Gasteiger partial charge in [-0.15, -0.1) is 0 Å². The lowest BCUT2D eigenvalue weighted by Gasteiger charge is -2.26. The van der Waals surface area contributed by atoms with E-state index in [0.29, 0.717) is 5.75 Å². The van der Waals surface area contributed by atoms with Crippen LogP contribution in [0.3, 0.4) is 0 Å². The zero-order valence-corrected chi connectivity index (χ0v) is 17.2. The number of sulfonamides is 1. The van der Waals surface area contributed by atoms with Gasteiger partial charge >= 0.3 is 0 Å². The van der Waals surface area contributed by atoms with Crippen LogP contribution >= 0.6 is 0 Å². The predicted molar refractivity (Wildman–Crippen MR) is 105 cm³/mol. The molecule has 0 amide bonds. The van der Waals surface area contributed by atoms with Crippen LogP contribution in [0.1, 0.15) is 16.7 Å². The van der Waals surface area contributed by atoms with E-state index in [1.54, 1.807) is 12.1 Å². The van der Waals surface area contributed by atoms with Crippen molar-refractivity contribution in [1.29, 1.82) is 5.26 Å². The van der Waals surface area contributed by atoms with Gasteiger partial charge in [-0.2, -0.15) is 9.57 Å². The van der Waals surface area contributed by atoms with Crippen molar-refractivity contribution in [2.45, 2.75) is 18.7 Å². The minimum Gasteiger partial charge on any atom is -0.456 e. The molecule has 2 aromatic carbocycles. The average Bonchev–Trinajstić information content (AvgIpc) is 2.60. The van der Waals surface area contributed by atoms with Crippen molar-refractivity contribution in [3.05, 3.63) is 53.1 Å². The maximum absolute atomic E-state index is 13.2. The van der Waals surface area contributed by atoms with Gasteiger partial charge < -0.3 is 4.74 Å². The SMILES string of the molecule is Cc1cc(C)cc(Oc2ccc(C#N)cc2S(=O)(=O)N2CCS(=O)(=O)CC2)c1. The molecule has 1 fully saturated rings. The van der Waals surface area contributed by atoms with Gasteiger partial charge in [0.1, 0.15) is 16.4 Å². The van der Waals surface area contributed by atoms with Crippen molar-refractivity contribution < 1.29 is 21.6 Å². The first-order valence-corrected chi connectivity index (χ1v) is 11.9. The number of benzene rings is 2. The number of aryl methyl sites for hydroxylation is 2. The smallest absolute Gasteiger partial charge is 0.246 e. The van der Waals surface area contributed by atoms with E-state index in [1.807, 2.05) is 26.0 Å². The monoisotopic (exact) mass is 420 g/mol. The number of sulfone groups is 1. The van der Waals surface area contributed by atoms with Crippen LogP contribution in [0, 0.1) is 25.2 Å². The first-order chi connectivity index (χ1) is 13.1. The lowest BCUT2D eigenvalue weighted by molar-refractivity contribution is 0.422. The lowest BCUT2D eigenvalue weighted by atomic mass is 10.1. The molecule has 0 bridgehead atoms. The predicted octanol–water partition coefficient (Wildman–Crippen LogP) is 2.39. The fraction of sp³-hybridized carbons (Fsp3) is 0.316. The summed E-state index contributed by atoms with van der Waals surface area (Å²) in [4.78, 5) is -0.148. The molecule has 1 saturated heterocycles. The molecule has 0 N–H and O–H groups in total.